The van der Waals surface area contributed by atoms with Crippen LogP contribution in [0, 0.1) is 12.7 Å². The fourth-order valence-electron chi connectivity index (χ4n) is 4.11. The van der Waals surface area contributed by atoms with E-state index in [4.69, 9.17) is 9.47 Å². The van der Waals surface area contributed by atoms with Crippen molar-refractivity contribution < 1.29 is 31.9 Å². The van der Waals surface area contributed by atoms with Gasteiger partial charge in [0.1, 0.15) is 18.4 Å². The van der Waals surface area contributed by atoms with Crippen LogP contribution in [0.4, 0.5) is 10.1 Å². The Morgan fingerprint density at radius 3 is 2.17 bits per heavy atom. The molecule has 0 saturated heterocycles. The molecule has 41 heavy (non-hydrogen) atoms. The zero-order valence-corrected chi connectivity index (χ0v) is 24.7. The minimum atomic E-state index is -4.29. The van der Waals surface area contributed by atoms with Gasteiger partial charge in [0.2, 0.25) is 11.8 Å². The van der Waals surface area contributed by atoms with Crippen molar-refractivity contribution in [3.8, 4) is 11.5 Å². The molecular formula is C30H36FN3O6S. The van der Waals surface area contributed by atoms with E-state index in [1.807, 2.05) is 13.8 Å². The predicted octanol–water partition coefficient (Wildman–Crippen LogP) is 4.29. The highest BCUT2D eigenvalue weighted by Gasteiger charge is 2.33. The number of ether oxygens (including phenoxy) is 2. The normalized spacial score (nSPS) is 11.9. The largest absolute Gasteiger partial charge is 0.493 e. The third-order valence-corrected chi connectivity index (χ3v) is 8.30. The van der Waals surface area contributed by atoms with Gasteiger partial charge in [-0.2, -0.15) is 0 Å². The molecule has 9 nitrogen and oxygen atoms in total. The molecule has 0 unspecified atom stereocenters. The average molecular weight is 586 g/mol. The van der Waals surface area contributed by atoms with Gasteiger partial charge in [-0.1, -0.05) is 36.8 Å². The summed E-state index contributed by atoms with van der Waals surface area (Å²) < 4.78 is 53.2. The number of hydrogen-bond acceptors (Lipinski definition) is 6. The minimum absolute atomic E-state index is 0.0298. The molecule has 0 aliphatic carbocycles. The number of hydrogen-bond donors (Lipinski definition) is 1. The molecule has 3 rings (SSSR count). The Bertz CT molecular complexity index is 1450. The molecule has 0 bridgehead atoms. The number of amides is 2. The fraction of sp³-hybridized carbons (Fsp3) is 0.333. The highest BCUT2D eigenvalue weighted by molar-refractivity contribution is 7.92. The van der Waals surface area contributed by atoms with Gasteiger partial charge in [0.25, 0.3) is 10.0 Å². The van der Waals surface area contributed by atoms with Gasteiger partial charge in [-0.15, -0.1) is 0 Å². The first-order valence-electron chi connectivity index (χ1n) is 13.1. The maximum atomic E-state index is 14.0. The van der Waals surface area contributed by atoms with E-state index in [2.05, 4.69) is 5.32 Å². The van der Waals surface area contributed by atoms with Gasteiger partial charge in [0, 0.05) is 19.2 Å². The SMILES string of the molecule is CCCNC(=O)[C@H](C)N(Cc1ccc(F)cc1)C(=O)CN(c1ccc(C)cc1)S(=O)(=O)c1ccc(OC)c(OC)c1. The molecule has 0 spiro atoms. The molecule has 0 radical (unpaired) electrons. The number of rotatable bonds is 13. The lowest BCUT2D eigenvalue weighted by atomic mass is 10.1. The summed E-state index contributed by atoms with van der Waals surface area (Å²) in [5.41, 5.74) is 1.76. The number of anilines is 1. The van der Waals surface area contributed by atoms with Crippen molar-refractivity contribution >= 4 is 27.5 Å². The lowest BCUT2D eigenvalue weighted by Crippen LogP contribution is -2.51. The Hall–Kier alpha value is -4.12. The van der Waals surface area contributed by atoms with E-state index in [0.29, 0.717) is 24.3 Å². The molecule has 0 aliphatic rings. The molecule has 220 valence electrons. The van der Waals surface area contributed by atoms with Gasteiger partial charge in [-0.3, -0.25) is 13.9 Å². The van der Waals surface area contributed by atoms with Crippen molar-refractivity contribution in [3.63, 3.8) is 0 Å². The smallest absolute Gasteiger partial charge is 0.264 e. The van der Waals surface area contributed by atoms with Gasteiger partial charge in [0.05, 0.1) is 24.8 Å². The topological polar surface area (TPSA) is 105 Å². The molecular weight excluding hydrogens is 549 g/mol. The van der Waals surface area contributed by atoms with Crippen LogP contribution in [0.3, 0.4) is 0 Å². The molecule has 1 N–H and O–H groups in total. The zero-order chi connectivity index (χ0) is 30.2. The number of carbonyl (C=O) groups excluding carboxylic acids is 2. The van der Waals surface area contributed by atoms with Gasteiger partial charge in [0.15, 0.2) is 11.5 Å². The molecule has 0 aromatic heterocycles. The first-order valence-corrected chi connectivity index (χ1v) is 14.6. The maximum Gasteiger partial charge on any atom is 0.264 e. The number of nitrogens with zero attached hydrogens (tertiary/aromatic N) is 2. The summed E-state index contributed by atoms with van der Waals surface area (Å²) in [6.07, 6.45) is 0.704. The zero-order valence-electron chi connectivity index (χ0n) is 23.9. The summed E-state index contributed by atoms with van der Waals surface area (Å²) in [7, 11) is -1.45. The fourth-order valence-corrected chi connectivity index (χ4v) is 5.54. The number of aryl methyl sites for hydroxylation is 1. The molecule has 0 heterocycles. The number of nitrogens with one attached hydrogen (secondary N) is 1. The predicted molar refractivity (Wildman–Crippen MR) is 155 cm³/mol. The molecule has 11 heteroatoms. The van der Waals surface area contributed by atoms with Crippen LogP contribution in [0.5, 0.6) is 11.5 Å². The summed E-state index contributed by atoms with van der Waals surface area (Å²) in [6, 6.07) is 15.5. The standard InChI is InChI=1S/C30H36FN3O6S/c1-6-17-32-30(36)22(3)33(19-23-9-11-24(31)12-10-23)29(35)20-34(25-13-7-21(2)8-14-25)41(37,38)26-15-16-27(39-4)28(18-26)40-5/h7-16,18,22H,6,17,19-20H2,1-5H3,(H,32,36)/t22-/m0/s1. The van der Waals surface area contributed by atoms with E-state index in [1.165, 1.54) is 61.6 Å². The first kappa shape index (κ1) is 31.4. The van der Waals surface area contributed by atoms with Crippen LogP contribution in [0.2, 0.25) is 0 Å². The van der Waals surface area contributed by atoms with Gasteiger partial charge >= 0.3 is 0 Å². The van der Waals surface area contributed by atoms with Crippen molar-refractivity contribution in [2.45, 2.75) is 44.7 Å². The molecule has 3 aromatic rings. The molecule has 2 amide bonds. The Labute approximate surface area is 240 Å². The molecule has 0 aliphatic heterocycles. The number of sulfonamides is 1. The second-order valence-corrected chi connectivity index (χ2v) is 11.3. The quantitative estimate of drug-likeness (QED) is 0.321. The Kier molecular flexibility index (Phi) is 10.7. The number of methoxy groups -OCH3 is 2. The van der Waals surface area contributed by atoms with Crippen LogP contribution < -0.4 is 19.1 Å². The highest BCUT2D eigenvalue weighted by atomic mass is 32.2. The Balaban J connectivity index is 2.05. The molecule has 0 saturated carbocycles. The van der Waals surface area contributed by atoms with Crippen molar-refractivity contribution in [3.05, 3.63) is 83.7 Å². The second-order valence-electron chi connectivity index (χ2n) is 9.48. The van der Waals surface area contributed by atoms with Crippen LogP contribution >= 0.6 is 0 Å². The second kappa shape index (κ2) is 14.0. The van der Waals surface area contributed by atoms with Crippen LogP contribution in [0.1, 0.15) is 31.4 Å². The highest BCUT2D eigenvalue weighted by Crippen LogP contribution is 2.32. The van der Waals surface area contributed by atoms with E-state index < -0.39 is 34.3 Å². The van der Waals surface area contributed by atoms with Crippen LogP contribution in [-0.2, 0) is 26.2 Å². The third-order valence-electron chi connectivity index (χ3n) is 6.53. The minimum Gasteiger partial charge on any atom is -0.493 e. The summed E-state index contributed by atoms with van der Waals surface area (Å²) in [5.74, 6) is -0.873. The van der Waals surface area contributed by atoms with Crippen molar-refractivity contribution in [2.75, 3.05) is 31.6 Å². The number of carbonyl (C=O) groups is 2. The lowest BCUT2D eigenvalue weighted by Gasteiger charge is -2.32. The number of benzene rings is 3. The monoisotopic (exact) mass is 585 g/mol. The van der Waals surface area contributed by atoms with E-state index in [9.17, 15) is 22.4 Å². The van der Waals surface area contributed by atoms with E-state index in [-0.39, 0.29) is 28.8 Å². The summed E-state index contributed by atoms with van der Waals surface area (Å²) in [5, 5.41) is 2.78. The van der Waals surface area contributed by atoms with E-state index in [0.717, 1.165) is 9.87 Å². The third kappa shape index (κ3) is 7.75. The average Bonchev–Trinajstić information content (AvgIpc) is 2.97. The van der Waals surface area contributed by atoms with Crippen molar-refractivity contribution in [1.82, 2.24) is 10.2 Å². The van der Waals surface area contributed by atoms with Crippen LogP contribution in [0.15, 0.2) is 71.6 Å². The van der Waals surface area contributed by atoms with E-state index >= 15 is 0 Å². The molecule has 3 aromatic carbocycles. The van der Waals surface area contributed by atoms with Gasteiger partial charge in [-0.05, 0) is 62.2 Å². The van der Waals surface area contributed by atoms with Gasteiger partial charge in [-0.25, -0.2) is 12.8 Å². The lowest BCUT2D eigenvalue weighted by molar-refractivity contribution is -0.139. The maximum absolute atomic E-state index is 14.0. The van der Waals surface area contributed by atoms with Crippen molar-refractivity contribution in [2.24, 2.45) is 0 Å². The van der Waals surface area contributed by atoms with Crippen molar-refractivity contribution in [1.29, 1.82) is 0 Å². The van der Waals surface area contributed by atoms with Crippen LogP contribution in [-0.4, -0.2) is 58.5 Å². The first-order chi connectivity index (χ1) is 19.5. The van der Waals surface area contributed by atoms with Crippen LogP contribution in [0.25, 0.3) is 0 Å². The summed E-state index contributed by atoms with van der Waals surface area (Å²) in [6.45, 7) is 5.15. The molecule has 0 fully saturated rings. The van der Waals surface area contributed by atoms with Gasteiger partial charge < -0.3 is 19.7 Å². The van der Waals surface area contributed by atoms with E-state index in [1.54, 1.807) is 31.2 Å². The molecule has 1 atom stereocenters. The summed E-state index contributed by atoms with van der Waals surface area (Å²) >= 11 is 0. The Morgan fingerprint density at radius 1 is 0.951 bits per heavy atom. The summed E-state index contributed by atoms with van der Waals surface area (Å²) in [4.78, 5) is 28.0. The number of halogens is 1. The Morgan fingerprint density at radius 2 is 1.59 bits per heavy atom.